The van der Waals surface area contributed by atoms with Crippen molar-refractivity contribution >= 4 is 16.6 Å². The van der Waals surface area contributed by atoms with Crippen LogP contribution in [0.3, 0.4) is 0 Å². The highest BCUT2D eigenvalue weighted by Crippen LogP contribution is 2.30. The van der Waals surface area contributed by atoms with E-state index in [1.54, 1.807) is 6.92 Å². The fourth-order valence-electron chi connectivity index (χ4n) is 1.95. The van der Waals surface area contributed by atoms with Gasteiger partial charge in [0.25, 0.3) is 0 Å². The van der Waals surface area contributed by atoms with E-state index in [-0.39, 0.29) is 11.2 Å². The number of rotatable bonds is 1. The number of nitrogens with one attached hydrogen (secondary N) is 1. The van der Waals surface area contributed by atoms with E-state index < -0.39 is 0 Å². The molecule has 3 heteroatoms. The van der Waals surface area contributed by atoms with Crippen molar-refractivity contribution in [3.05, 3.63) is 35.3 Å². The van der Waals surface area contributed by atoms with Crippen molar-refractivity contribution in [3.63, 3.8) is 0 Å². The number of fused-ring (bicyclic) bond motifs is 1. The van der Waals surface area contributed by atoms with Crippen LogP contribution in [-0.2, 0) is 5.41 Å². The second-order valence-electron chi connectivity index (χ2n) is 5.67. The molecule has 0 unspecified atom stereocenters. The number of hydrogen-bond donors (Lipinski definition) is 1. The summed E-state index contributed by atoms with van der Waals surface area (Å²) in [4.78, 5) is 4.58. The lowest BCUT2D eigenvalue weighted by Gasteiger charge is -2.20. The van der Waals surface area contributed by atoms with E-state index in [4.69, 9.17) is 0 Å². The Labute approximate surface area is 107 Å². The molecular formula is C15H19FN2. The number of benzene rings is 1. The zero-order valence-corrected chi connectivity index (χ0v) is 11.6. The molecular weight excluding hydrogens is 227 g/mol. The summed E-state index contributed by atoms with van der Waals surface area (Å²) in [5, 5.41) is 4.13. The van der Waals surface area contributed by atoms with Crippen molar-refractivity contribution in [2.75, 3.05) is 12.4 Å². The Kier molecular flexibility index (Phi) is 3.01. The second kappa shape index (κ2) is 4.23. The standard InChI is InChI=1S/C15H19FN2/c1-9-6-10-12(17-5)8-14(15(2,3)4)18-13(10)7-11(9)16/h6-8H,1-5H3,(H,17,18). The Morgan fingerprint density at radius 1 is 1.17 bits per heavy atom. The molecule has 96 valence electrons. The van der Waals surface area contributed by atoms with Gasteiger partial charge in [0.15, 0.2) is 0 Å². The number of anilines is 1. The Morgan fingerprint density at radius 3 is 2.39 bits per heavy atom. The van der Waals surface area contributed by atoms with E-state index in [1.165, 1.54) is 6.07 Å². The highest BCUT2D eigenvalue weighted by Gasteiger charge is 2.18. The first kappa shape index (κ1) is 12.8. The van der Waals surface area contributed by atoms with Gasteiger partial charge in [0.1, 0.15) is 5.82 Å². The third-order valence-electron chi connectivity index (χ3n) is 3.13. The van der Waals surface area contributed by atoms with Crippen LogP contribution in [0.4, 0.5) is 10.1 Å². The fraction of sp³-hybridized carbons (Fsp3) is 0.400. The summed E-state index contributed by atoms with van der Waals surface area (Å²) in [5.41, 5.74) is 3.25. The van der Waals surface area contributed by atoms with E-state index in [9.17, 15) is 4.39 Å². The molecule has 0 amide bonds. The summed E-state index contributed by atoms with van der Waals surface area (Å²) >= 11 is 0. The van der Waals surface area contributed by atoms with E-state index >= 15 is 0 Å². The van der Waals surface area contributed by atoms with Crippen molar-refractivity contribution in [2.24, 2.45) is 0 Å². The van der Waals surface area contributed by atoms with Crippen molar-refractivity contribution in [1.82, 2.24) is 4.98 Å². The molecule has 1 aromatic heterocycles. The average molecular weight is 246 g/mol. The summed E-state index contributed by atoms with van der Waals surface area (Å²) in [7, 11) is 1.87. The number of hydrogen-bond acceptors (Lipinski definition) is 2. The van der Waals surface area contributed by atoms with E-state index in [2.05, 4.69) is 31.1 Å². The van der Waals surface area contributed by atoms with E-state index in [0.717, 1.165) is 16.8 Å². The molecule has 0 aliphatic carbocycles. The van der Waals surface area contributed by atoms with Crippen molar-refractivity contribution < 1.29 is 4.39 Å². The largest absolute Gasteiger partial charge is 0.388 e. The quantitative estimate of drug-likeness (QED) is 0.822. The number of aryl methyl sites for hydroxylation is 1. The molecule has 0 atom stereocenters. The average Bonchev–Trinajstić information content (AvgIpc) is 2.28. The smallest absolute Gasteiger partial charge is 0.128 e. The summed E-state index contributed by atoms with van der Waals surface area (Å²) < 4.78 is 13.7. The predicted molar refractivity (Wildman–Crippen MR) is 74.7 cm³/mol. The first-order chi connectivity index (χ1) is 8.32. The molecule has 0 bridgehead atoms. The van der Waals surface area contributed by atoms with Gasteiger partial charge < -0.3 is 5.32 Å². The fourth-order valence-corrected chi connectivity index (χ4v) is 1.95. The number of halogens is 1. The molecule has 2 rings (SSSR count). The summed E-state index contributed by atoms with van der Waals surface area (Å²) in [6.07, 6.45) is 0. The third-order valence-corrected chi connectivity index (χ3v) is 3.13. The van der Waals surface area contributed by atoms with Gasteiger partial charge in [-0.15, -0.1) is 0 Å². The van der Waals surface area contributed by atoms with Crippen LogP contribution < -0.4 is 5.32 Å². The van der Waals surface area contributed by atoms with Gasteiger partial charge in [0.05, 0.1) is 5.52 Å². The Morgan fingerprint density at radius 2 is 1.83 bits per heavy atom. The minimum Gasteiger partial charge on any atom is -0.388 e. The van der Waals surface area contributed by atoms with Crippen LogP contribution >= 0.6 is 0 Å². The lowest BCUT2D eigenvalue weighted by molar-refractivity contribution is 0.571. The molecule has 0 saturated carbocycles. The number of aromatic nitrogens is 1. The zero-order chi connectivity index (χ0) is 13.5. The van der Waals surface area contributed by atoms with E-state index in [1.807, 2.05) is 19.2 Å². The minimum absolute atomic E-state index is 0.0544. The highest BCUT2D eigenvalue weighted by atomic mass is 19.1. The molecule has 0 fully saturated rings. The van der Waals surface area contributed by atoms with Crippen molar-refractivity contribution in [1.29, 1.82) is 0 Å². The molecule has 1 N–H and O–H groups in total. The van der Waals surface area contributed by atoms with E-state index in [0.29, 0.717) is 11.1 Å². The molecule has 0 radical (unpaired) electrons. The van der Waals surface area contributed by atoms with Gasteiger partial charge in [-0.1, -0.05) is 20.8 Å². The molecule has 2 nitrogen and oxygen atoms in total. The van der Waals surface area contributed by atoms with Crippen LogP contribution in [0.15, 0.2) is 18.2 Å². The summed E-state index contributed by atoms with van der Waals surface area (Å²) in [6, 6.07) is 5.40. The maximum absolute atomic E-state index is 13.7. The van der Waals surface area contributed by atoms with Crippen LogP contribution in [0.5, 0.6) is 0 Å². The zero-order valence-electron chi connectivity index (χ0n) is 11.6. The lowest BCUT2D eigenvalue weighted by Crippen LogP contribution is -2.14. The third kappa shape index (κ3) is 2.17. The van der Waals surface area contributed by atoms with Crippen LogP contribution in [0.2, 0.25) is 0 Å². The maximum Gasteiger partial charge on any atom is 0.128 e. The highest BCUT2D eigenvalue weighted by molar-refractivity contribution is 5.92. The molecule has 18 heavy (non-hydrogen) atoms. The molecule has 0 spiro atoms. The first-order valence-corrected chi connectivity index (χ1v) is 6.12. The monoisotopic (exact) mass is 246 g/mol. The van der Waals surface area contributed by atoms with Gasteiger partial charge >= 0.3 is 0 Å². The molecule has 1 aromatic carbocycles. The number of nitrogens with zero attached hydrogens (tertiary/aromatic N) is 1. The molecule has 0 saturated heterocycles. The molecule has 0 aliphatic heterocycles. The van der Waals surface area contributed by atoms with Gasteiger partial charge in [-0.3, -0.25) is 4.98 Å². The topological polar surface area (TPSA) is 24.9 Å². The second-order valence-corrected chi connectivity index (χ2v) is 5.67. The van der Waals surface area contributed by atoms with Gasteiger partial charge in [0.2, 0.25) is 0 Å². The van der Waals surface area contributed by atoms with Gasteiger partial charge in [-0.05, 0) is 24.6 Å². The number of pyridine rings is 1. The van der Waals surface area contributed by atoms with Gasteiger partial charge in [-0.25, -0.2) is 4.39 Å². The Hall–Kier alpha value is -1.64. The molecule has 2 aromatic rings. The summed E-state index contributed by atoms with van der Waals surface area (Å²) in [6.45, 7) is 8.08. The van der Waals surface area contributed by atoms with Gasteiger partial charge in [-0.2, -0.15) is 0 Å². The van der Waals surface area contributed by atoms with Crippen molar-refractivity contribution in [3.8, 4) is 0 Å². The summed E-state index contributed by atoms with van der Waals surface area (Å²) in [5.74, 6) is -0.205. The minimum atomic E-state index is -0.205. The Bertz CT molecular complexity index is 597. The molecule has 1 heterocycles. The van der Waals surface area contributed by atoms with Crippen LogP contribution in [0.1, 0.15) is 32.0 Å². The Balaban J connectivity index is 2.80. The molecule has 0 aliphatic rings. The first-order valence-electron chi connectivity index (χ1n) is 6.12. The van der Waals surface area contributed by atoms with Crippen LogP contribution in [0.25, 0.3) is 10.9 Å². The predicted octanol–water partition coefficient (Wildman–Crippen LogP) is 4.02. The SMILES string of the molecule is CNc1cc(C(C)(C)C)nc2cc(F)c(C)cc12. The van der Waals surface area contributed by atoms with Crippen molar-refractivity contribution in [2.45, 2.75) is 33.1 Å². The van der Waals surface area contributed by atoms with Crippen LogP contribution in [-0.4, -0.2) is 12.0 Å². The lowest BCUT2D eigenvalue weighted by atomic mass is 9.90. The maximum atomic E-state index is 13.7. The van der Waals surface area contributed by atoms with Gasteiger partial charge in [0, 0.05) is 35.3 Å². The van der Waals surface area contributed by atoms with Crippen LogP contribution in [0, 0.1) is 12.7 Å². The normalized spacial score (nSPS) is 11.9.